The largest absolute Gasteiger partial charge is 0.494 e. The fraction of sp³-hybridized carbons (Fsp3) is 0.781. The van der Waals surface area contributed by atoms with Crippen LogP contribution in [0.1, 0.15) is 116 Å². The van der Waals surface area contributed by atoms with Crippen LogP contribution in [0.4, 0.5) is 0 Å². The highest BCUT2D eigenvalue weighted by Crippen LogP contribution is 2.44. The molecule has 0 amide bonds. The van der Waals surface area contributed by atoms with E-state index in [9.17, 15) is 14.3 Å². The van der Waals surface area contributed by atoms with Crippen LogP contribution in [0.25, 0.3) is 0 Å². The third-order valence-electron chi connectivity index (χ3n) is 6.96. The van der Waals surface area contributed by atoms with Crippen molar-refractivity contribution in [2.45, 2.75) is 117 Å². The SMILES string of the molecule is CCCCCCCCCCCCCOc1cccc(CC(COP(=O)(O)OCCCN(C)C)CC(=O)CCC)c1. The van der Waals surface area contributed by atoms with E-state index >= 15 is 0 Å². The minimum Gasteiger partial charge on any atom is -0.494 e. The third-order valence-corrected chi connectivity index (χ3v) is 7.95. The lowest BCUT2D eigenvalue weighted by Gasteiger charge is -2.19. The number of phosphoric acid groups is 1. The molecule has 1 N–H and O–H groups in total. The van der Waals surface area contributed by atoms with Crippen LogP contribution in [-0.2, 0) is 24.8 Å². The van der Waals surface area contributed by atoms with Gasteiger partial charge >= 0.3 is 7.82 Å². The zero-order chi connectivity index (χ0) is 29.5. The Balaban J connectivity index is 2.44. The summed E-state index contributed by atoms with van der Waals surface area (Å²) in [7, 11) is -0.299. The van der Waals surface area contributed by atoms with Gasteiger partial charge in [0.15, 0.2) is 0 Å². The number of benzene rings is 1. The molecule has 0 fully saturated rings. The molecule has 0 aromatic heterocycles. The van der Waals surface area contributed by atoms with Gasteiger partial charge in [-0.05, 0) is 69.9 Å². The van der Waals surface area contributed by atoms with Crippen LogP contribution in [0, 0.1) is 5.92 Å². The molecule has 1 aromatic carbocycles. The van der Waals surface area contributed by atoms with Crippen LogP contribution in [0.2, 0.25) is 0 Å². The van der Waals surface area contributed by atoms with E-state index in [1.54, 1.807) is 0 Å². The van der Waals surface area contributed by atoms with Crippen LogP contribution < -0.4 is 4.74 Å². The summed E-state index contributed by atoms with van der Waals surface area (Å²) in [5.74, 6) is 0.743. The highest BCUT2D eigenvalue weighted by atomic mass is 31.2. The van der Waals surface area contributed by atoms with Crippen LogP contribution in [-0.4, -0.2) is 56.0 Å². The molecule has 232 valence electrons. The maximum Gasteiger partial charge on any atom is 0.472 e. The molecule has 1 rings (SSSR count). The monoisotopic (exact) mass is 583 g/mol. The average Bonchev–Trinajstić information content (AvgIpc) is 2.91. The van der Waals surface area contributed by atoms with Gasteiger partial charge in [0.05, 0.1) is 19.8 Å². The highest BCUT2D eigenvalue weighted by Gasteiger charge is 2.24. The predicted octanol–water partition coefficient (Wildman–Crippen LogP) is 8.38. The number of unbranched alkanes of at least 4 members (excludes halogenated alkanes) is 10. The van der Waals surface area contributed by atoms with E-state index in [0.717, 1.165) is 30.7 Å². The fourth-order valence-electron chi connectivity index (χ4n) is 4.74. The lowest BCUT2D eigenvalue weighted by molar-refractivity contribution is -0.120. The van der Waals surface area contributed by atoms with Crippen molar-refractivity contribution >= 4 is 13.6 Å². The Hall–Kier alpha value is -1.24. The highest BCUT2D eigenvalue weighted by molar-refractivity contribution is 7.47. The fourth-order valence-corrected chi connectivity index (χ4v) is 5.58. The molecule has 7 nitrogen and oxygen atoms in total. The van der Waals surface area contributed by atoms with E-state index in [0.29, 0.717) is 32.3 Å². The lowest BCUT2D eigenvalue weighted by atomic mass is 9.94. The standard InChI is InChI=1S/C32H58NO6P/c1-5-7-8-9-10-11-12-13-14-15-16-23-37-32-21-17-20-29(27-32)25-30(26-31(34)19-6-2)28-39-40(35,36)38-24-18-22-33(3)4/h17,20-21,27,30H,5-16,18-19,22-26,28H2,1-4H3,(H,35,36). The Morgan fingerprint density at radius 1 is 0.875 bits per heavy atom. The summed E-state index contributed by atoms with van der Waals surface area (Å²) in [5.41, 5.74) is 1.02. The van der Waals surface area contributed by atoms with Crippen molar-refractivity contribution in [3.63, 3.8) is 0 Å². The van der Waals surface area contributed by atoms with Gasteiger partial charge in [-0.2, -0.15) is 0 Å². The van der Waals surface area contributed by atoms with Crippen LogP contribution >= 0.6 is 7.82 Å². The molecular formula is C32H58NO6P. The quantitative estimate of drug-likeness (QED) is 0.0822. The molecule has 0 saturated carbocycles. The minimum atomic E-state index is -4.17. The van der Waals surface area contributed by atoms with Gasteiger partial charge in [0.2, 0.25) is 0 Å². The summed E-state index contributed by atoms with van der Waals surface area (Å²) >= 11 is 0. The summed E-state index contributed by atoms with van der Waals surface area (Å²) in [5, 5.41) is 0. The van der Waals surface area contributed by atoms with Crippen LogP contribution in [0.15, 0.2) is 24.3 Å². The van der Waals surface area contributed by atoms with E-state index in [1.165, 1.54) is 64.2 Å². The van der Waals surface area contributed by atoms with E-state index in [1.807, 2.05) is 50.2 Å². The maximum absolute atomic E-state index is 12.4. The van der Waals surface area contributed by atoms with Crippen LogP contribution in [0.5, 0.6) is 5.75 Å². The van der Waals surface area contributed by atoms with Gasteiger partial charge in [-0.25, -0.2) is 4.57 Å². The molecule has 0 radical (unpaired) electrons. The Kier molecular flexibility index (Phi) is 21.5. The molecular weight excluding hydrogens is 525 g/mol. The van der Waals surface area contributed by atoms with E-state index in [-0.39, 0.29) is 24.9 Å². The number of ketones is 1. The molecule has 8 heteroatoms. The van der Waals surface area contributed by atoms with Crippen molar-refractivity contribution in [1.29, 1.82) is 0 Å². The Morgan fingerprint density at radius 3 is 2.15 bits per heavy atom. The Labute approximate surface area is 245 Å². The number of carbonyl (C=O) groups is 1. The van der Waals surface area contributed by atoms with Crippen molar-refractivity contribution in [2.24, 2.45) is 5.92 Å². The Morgan fingerprint density at radius 2 is 1.52 bits per heavy atom. The molecule has 2 unspecified atom stereocenters. The van der Waals surface area contributed by atoms with Crippen LogP contribution in [0.3, 0.4) is 0 Å². The lowest BCUT2D eigenvalue weighted by Crippen LogP contribution is -2.18. The number of nitrogens with zero attached hydrogens (tertiary/aromatic N) is 1. The zero-order valence-electron chi connectivity index (χ0n) is 25.9. The van der Waals surface area contributed by atoms with Gasteiger partial charge in [0.25, 0.3) is 0 Å². The third kappa shape index (κ3) is 20.6. The first kappa shape index (κ1) is 36.8. The van der Waals surface area contributed by atoms with Gasteiger partial charge in [-0.1, -0.05) is 90.2 Å². The topological polar surface area (TPSA) is 85.3 Å². The number of ether oxygens (including phenoxy) is 1. The van der Waals surface area contributed by atoms with Gasteiger partial charge in [0, 0.05) is 12.8 Å². The maximum atomic E-state index is 12.4. The first-order valence-electron chi connectivity index (χ1n) is 15.8. The van der Waals surface area contributed by atoms with Gasteiger partial charge in [-0.15, -0.1) is 0 Å². The van der Waals surface area contributed by atoms with Crippen molar-refractivity contribution in [1.82, 2.24) is 4.90 Å². The van der Waals surface area contributed by atoms with Gasteiger partial charge < -0.3 is 14.5 Å². The van der Waals surface area contributed by atoms with Crippen molar-refractivity contribution < 1.29 is 28.0 Å². The second-order valence-electron chi connectivity index (χ2n) is 11.3. The summed E-state index contributed by atoms with van der Waals surface area (Å²) in [4.78, 5) is 24.5. The average molecular weight is 584 g/mol. The molecule has 2 atom stereocenters. The molecule has 0 aliphatic heterocycles. The molecule has 0 bridgehead atoms. The second-order valence-corrected chi connectivity index (χ2v) is 12.8. The molecule has 40 heavy (non-hydrogen) atoms. The van der Waals surface area contributed by atoms with Crippen molar-refractivity contribution in [3.05, 3.63) is 29.8 Å². The first-order valence-corrected chi connectivity index (χ1v) is 17.2. The normalized spacial score (nSPS) is 13.8. The van der Waals surface area contributed by atoms with E-state index < -0.39 is 7.82 Å². The number of hydrogen-bond donors (Lipinski definition) is 1. The molecule has 1 aromatic rings. The summed E-state index contributed by atoms with van der Waals surface area (Å²) in [6.45, 7) is 5.82. The smallest absolute Gasteiger partial charge is 0.472 e. The summed E-state index contributed by atoms with van der Waals surface area (Å²) in [6, 6.07) is 7.93. The molecule has 0 spiro atoms. The summed E-state index contributed by atoms with van der Waals surface area (Å²) < 4.78 is 28.8. The van der Waals surface area contributed by atoms with Gasteiger partial charge in [0.1, 0.15) is 11.5 Å². The van der Waals surface area contributed by atoms with Crippen molar-refractivity contribution in [3.8, 4) is 5.75 Å². The zero-order valence-corrected chi connectivity index (χ0v) is 26.8. The number of phosphoric ester groups is 1. The van der Waals surface area contributed by atoms with E-state index in [2.05, 4.69) is 6.92 Å². The molecule has 0 aliphatic carbocycles. The number of hydrogen-bond acceptors (Lipinski definition) is 6. The number of Topliss-reactive ketones (excluding diaryl/α,β-unsaturated/α-hetero) is 1. The molecule has 0 aliphatic rings. The number of carbonyl (C=O) groups excluding carboxylic acids is 1. The number of rotatable bonds is 27. The minimum absolute atomic E-state index is 0.0132. The molecule has 0 heterocycles. The second kappa shape index (κ2) is 23.3. The first-order chi connectivity index (χ1) is 19.3. The summed E-state index contributed by atoms with van der Waals surface area (Å²) in [6.07, 6.45) is 17.1. The van der Waals surface area contributed by atoms with Crippen molar-refractivity contribution in [2.75, 3.05) is 40.5 Å². The Bertz CT molecular complexity index is 818. The predicted molar refractivity (Wildman–Crippen MR) is 165 cm³/mol. The van der Waals surface area contributed by atoms with Gasteiger partial charge in [-0.3, -0.25) is 13.8 Å². The molecule has 0 saturated heterocycles. The van der Waals surface area contributed by atoms with E-state index in [4.69, 9.17) is 13.8 Å².